The molecule has 0 saturated heterocycles. The summed E-state index contributed by atoms with van der Waals surface area (Å²) in [6.07, 6.45) is -1.16. The number of thiocarbonyl (C=S) groups is 1. The minimum absolute atomic E-state index is 0.0130. The first-order valence-corrected chi connectivity index (χ1v) is 12.2. The Morgan fingerprint density at radius 1 is 1.00 bits per heavy atom. The average Bonchev–Trinajstić information content (AvgIpc) is 2.71. The maximum Gasteiger partial charge on any atom is 0.268 e. The minimum Gasteiger partial charge on any atom is -0.339 e. The number of anilines is 1. The molecule has 33 heavy (non-hydrogen) atoms. The summed E-state index contributed by atoms with van der Waals surface area (Å²) in [7, 11) is -3.98. The summed E-state index contributed by atoms with van der Waals surface area (Å²) in [6, 6.07) is 12.3. The zero-order valence-electron chi connectivity index (χ0n) is 17.3. The summed E-state index contributed by atoms with van der Waals surface area (Å²) >= 11 is 22.7. The van der Waals surface area contributed by atoms with Crippen LogP contribution in [0.3, 0.4) is 0 Å². The van der Waals surface area contributed by atoms with E-state index in [0.717, 1.165) is 5.56 Å². The Morgan fingerprint density at radius 3 is 2.18 bits per heavy atom. The van der Waals surface area contributed by atoms with Gasteiger partial charge in [-0.25, -0.2) is 8.42 Å². The van der Waals surface area contributed by atoms with Gasteiger partial charge in [-0.1, -0.05) is 64.6 Å². The minimum atomic E-state index is -3.98. The van der Waals surface area contributed by atoms with Gasteiger partial charge >= 0.3 is 0 Å². The zero-order valence-corrected chi connectivity index (χ0v) is 21.2. The van der Waals surface area contributed by atoms with E-state index in [1.807, 2.05) is 11.8 Å². The van der Waals surface area contributed by atoms with Gasteiger partial charge in [-0.15, -0.1) is 4.83 Å². The number of carbonyl (C=O) groups is 2. The Morgan fingerprint density at radius 2 is 1.61 bits per heavy atom. The second-order valence-corrected chi connectivity index (χ2v) is 11.2. The first-order chi connectivity index (χ1) is 15.3. The van der Waals surface area contributed by atoms with Gasteiger partial charge in [-0.3, -0.25) is 15.0 Å². The van der Waals surface area contributed by atoms with E-state index in [-0.39, 0.29) is 21.3 Å². The van der Waals surface area contributed by atoms with Crippen LogP contribution in [0, 0.1) is 6.92 Å². The van der Waals surface area contributed by atoms with Crippen molar-refractivity contribution in [2.75, 3.05) is 5.32 Å². The smallest absolute Gasteiger partial charge is 0.268 e. The number of hydrazine groups is 1. The van der Waals surface area contributed by atoms with Crippen LogP contribution in [0.25, 0.3) is 0 Å². The van der Waals surface area contributed by atoms with Gasteiger partial charge < -0.3 is 16.0 Å². The molecule has 1 atom stereocenters. The van der Waals surface area contributed by atoms with E-state index in [4.69, 9.17) is 47.0 Å². The summed E-state index contributed by atoms with van der Waals surface area (Å²) in [4.78, 5) is 26.0. The SMILES string of the molecule is CC(=O)NC(NC(=S)Nc1ccccc1C(=O)NNS(=O)(=O)c1ccc(C)cc1)C(Cl)(Cl)Cl. The molecular formula is C19H20Cl3N5O4S2. The number of hydrogen-bond donors (Lipinski definition) is 5. The van der Waals surface area contributed by atoms with E-state index in [9.17, 15) is 18.0 Å². The molecule has 0 aliphatic carbocycles. The van der Waals surface area contributed by atoms with E-state index in [1.165, 1.54) is 31.2 Å². The highest BCUT2D eigenvalue weighted by Crippen LogP contribution is 2.29. The van der Waals surface area contributed by atoms with Crippen molar-refractivity contribution in [3.05, 3.63) is 59.7 Å². The third-order valence-corrected chi connectivity index (χ3v) is 6.14. The van der Waals surface area contributed by atoms with Crippen molar-refractivity contribution in [2.24, 2.45) is 0 Å². The number of sulfonamides is 1. The van der Waals surface area contributed by atoms with Crippen LogP contribution < -0.4 is 26.2 Å². The molecule has 0 bridgehead atoms. The first kappa shape index (κ1) is 27.1. The molecule has 5 N–H and O–H groups in total. The summed E-state index contributed by atoms with van der Waals surface area (Å²) in [5.74, 6) is -1.22. The largest absolute Gasteiger partial charge is 0.339 e. The number of rotatable bonds is 7. The van der Waals surface area contributed by atoms with Crippen molar-refractivity contribution in [2.45, 2.75) is 28.7 Å². The monoisotopic (exact) mass is 551 g/mol. The Hall–Kier alpha value is -2.15. The third-order valence-electron chi connectivity index (χ3n) is 4.00. The van der Waals surface area contributed by atoms with E-state index >= 15 is 0 Å². The van der Waals surface area contributed by atoms with Gasteiger partial charge in [-0.05, 0) is 43.4 Å². The lowest BCUT2D eigenvalue weighted by atomic mass is 10.1. The predicted molar refractivity (Wildman–Crippen MR) is 133 cm³/mol. The number of halogens is 3. The number of alkyl halides is 3. The van der Waals surface area contributed by atoms with Crippen LogP contribution >= 0.6 is 47.0 Å². The summed E-state index contributed by atoms with van der Waals surface area (Å²) in [6.45, 7) is 3.06. The molecule has 2 aromatic carbocycles. The van der Waals surface area contributed by atoms with Crippen LogP contribution in [0.15, 0.2) is 53.4 Å². The molecule has 2 amide bonds. The van der Waals surface area contributed by atoms with E-state index in [2.05, 4.69) is 21.4 Å². The van der Waals surface area contributed by atoms with Crippen molar-refractivity contribution in [3.8, 4) is 0 Å². The first-order valence-electron chi connectivity index (χ1n) is 9.19. The predicted octanol–water partition coefficient (Wildman–Crippen LogP) is 2.74. The molecule has 1 unspecified atom stereocenters. The quantitative estimate of drug-likeness (QED) is 0.155. The molecule has 0 heterocycles. The Bertz CT molecular complexity index is 1140. The molecule has 0 aliphatic heterocycles. The molecule has 2 aromatic rings. The zero-order chi connectivity index (χ0) is 24.8. The lowest BCUT2D eigenvalue weighted by Gasteiger charge is -2.27. The molecular weight excluding hydrogens is 533 g/mol. The standard InChI is InChI=1S/C19H20Cl3N5O4S2/c1-11-7-9-13(10-8-11)33(30,31)27-26-16(29)14-5-3-4-6-15(14)24-18(32)25-17(19(20,21)22)23-12(2)28/h3-10,17,27H,1-2H3,(H,23,28)(H,26,29)(H2,24,25,32). The second kappa shape index (κ2) is 11.3. The topological polar surface area (TPSA) is 128 Å². The fourth-order valence-electron chi connectivity index (χ4n) is 2.44. The lowest BCUT2D eigenvalue weighted by Crippen LogP contribution is -2.55. The molecule has 2 rings (SSSR count). The maximum atomic E-state index is 12.6. The van der Waals surface area contributed by atoms with E-state index < -0.39 is 31.8 Å². The molecule has 0 aliphatic rings. The van der Waals surface area contributed by atoms with Crippen molar-refractivity contribution in [3.63, 3.8) is 0 Å². The molecule has 0 aromatic heterocycles. The summed E-state index contributed by atoms with van der Waals surface area (Å²) < 4.78 is 22.9. The van der Waals surface area contributed by atoms with Gasteiger partial charge in [0.15, 0.2) is 5.11 Å². The molecule has 0 fully saturated rings. The van der Waals surface area contributed by atoms with Crippen LogP contribution in [0.4, 0.5) is 5.69 Å². The summed E-state index contributed by atoms with van der Waals surface area (Å²) in [5, 5.41) is 7.72. The van der Waals surface area contributed by atoms with Gasteiger partial charge in [-0.2, -0.15) is 0 Å². The van der Waals surface area contributed by atoms with Crippen molar-refractivity contribution in [1.82, 2.24) is 20.9 Å². The normalized spacial score (nSPS) is 12.4. The van der Waals surface area contributed by atoms with Crippen LogP contribution in [0.2, 0.25) is 0 Å². The van der Waals surface area contributed by atoms with E-state index in [1.54, 1.807) is 24.3 Å². The van der Waals surface area contributed by atoms with Gasteiger partial charge in [0, 0.05) is 6.92 Å². The van der Waals surface area contributed by atoms with Gasteiger partial charge in [0.2, 0.25) is 9.70 Å². The Kier molecular flexibility index (Phi) is 9.29. The number of carbonyl (C=O) groups excluding carboxylic acids is 2. The number of amides is 2. The maximum absolute atomic E-state index is 12.6. The highest BCUT2D eigenvalue weighted by molar-refractivity contribution is 7.89. The number of aryl methyl sites for hydroxylation is 1. The van der Waals surface area contributed by atoms with Crippen molar-refractivity contribution in [1.29, 1.82) is 0 Å². The van der Waals surface area contributed by atoms with Crippen LogP contribution in [-0.4, -0.2) is 35.3 Å². The lowest BCUT2D eigenvalue weighted by molar-refractivity contribution is -0.119. The fourth-order valence-corrected chi connectivity index (χ4v) is 3.83. The molecule has 14 heteroatoms. The fraction of sp³-hybridized carbons (Fsp3) is 0.211. The summed E-state index contributed by atoms with van der Waals surface area (Å²) in [5.41, 5.74) is 3.34. The van der Waals surface area contributed by atoms with E-state index in [0.29, 0.717) is 0 Å². The van der Waals surface area contributed by atoms with Crippen LogP contribution in [-0.2, 0) is 14.8 Å². The highest BCUT2D eigenvalue weighted by Gasteiger charge is 2.34. The number of para-hydroxylation sites is 1. The molecule has 178 valence electrons. The Balaban J connectivity index is 2.11. The van der Waals surface area contributed by atoms with Gasteiger partial charge in [0.1, 0.15) is 6.17 Å². The van der Waals surface area contributed by atoms with Crippen molar-refractivity contribution < 1.29 is 18.0 Å². The molecule has 9 nitrogen and oxygen atoms in total. The van der Waals surface area contributed by atoms with Crippen LogP contribution in [0.1, 0.15) is 22.8 Å². The third kappa shape index (κ3) is 8.29. The average molecular weight is 553 g/mol. The van der Waals surface area contributed by atoms with Gasteiger partial charge in [0.05, 0.1) is 16.1 Å². The molecule has 0 spiro atoms. The highest BCUT2D eigenvalue weighted by atomic mass is 35.6. The number of hydrogen-bond acceptors (Lipinski definition) is 5. The molecule has 0 saturated carbocycles. The van der Waals surface area contributed by atoms with Gasteiger partial charge in [0.25, 0.3) is 15.9 Å². The van der Waals surface area contributed by atoms with Crippen molar-refractivity contribution >= 4 is 79.7 Å². The Labute approximate surface area is 211 Å². The number of nitrogens with one attached hydrogen (secondary N) is 5. The van der Waals surface area contributed by atoms with Crippen LogP contribution in [0.5, 0.6) is 0 Å². The molecule has 0 radical (unpaired) electrons. The number of benzene rings is 2. The second-order valence-electron chi connectivity index (χ2n) is 6.69.